The average Bonchev–Trinajstić information content (AvgIpc) is 2.74. The molecule has 0 saturated carbocycles. The van der Waals surface area contributed by atoms with E-state index in [1.165, 1.54) is 42.9 Å². The summed E-state index contributed by atoms with van der Waals surface area (Å²) >= 11 is 0. The van der Waals surface area contributed by atoms with E-state index in [0.717, 1.165) is 18.3 Å². The van der Waals surface area contributed by atoms with E-state index in [1.54, 1.807) is 0 Å². The van der Waals surface area contributed by atoms with Crippen molar-refractivity contribution in [1.82, 2.24) is 15.0 Å². The standard InChI is InChI=1S/C21H13F3N4O3/c22-21(23,24)20-14(4-2-6-27-20)17-10-16(29)13-3-1-5-15(19(13)31-17)28-18(30)9-12-11-25-7-8-26-12/h1-8,10-11H,9H2,(H,28,30). The molecule has 3 heterocycles. The fourth-order valence-electron chi connectivity index (χ4n) is 3.02. The molecule has 4 rings (SSSR count). The highest BCUT2D eigenvalue weighted by molar-refractivity contribution is 6.00. The number of alkyl halides is 3. The zero-order chi connectivity index (χ0) is 22.0. The molecule has 0 aliphatic heterocycles. The van der Waals surface area contributed by atoms with Crippen LogP contribution < -0.4 is 10.7 Å². The van der Waals surface area contributed by atoms with Gasteiger partial charge in [-0.05, 0) is 24.3 Å². The van der Waals surface area contributed by atoms with Crippen LogP contribution in [0.3, 0.4) is 0 Å². The first kappa shape index (κ1) is 20.2. The summed E-state index contributed by atoms with van der Waals surface area (Å²) < 4.78 is 45.7. The van der Waals surface area contributed by atoms with Crippen LogP contribution in [0.2, 0.25) is 0 Å². The van der Waals surface area contributed by atoms with Crippen molar-refractivity contribution in [3.8, 4) is 11.3 Å². The van der Waals surface area contributed by atoms with Crippen LogP contribution in [0, 0.1) is 0 Å². The maximum atomic E-state index is 13.4. The number of carbonyl (C=O) groups is 1. The van der Waals surface area contributed by atoms with E-state index in [0.29, 0.717) is 5.69 Å². The minimum atomic E-state index is -4.74. The number of halogens is 3. The van der Waals surface area contributed by atoms with Gasteiger partial charge >= 0.3 is 6.18 Å². The summed E-state index contributed by atoms with van der Waals surface area (Å²) in [7, 11) is 0. The molecule has 0 atom stereocenters. The molecule has 0 spiro atoms. The first-order chi connectivity index (χ1) is 14.8. The number of carbonyl (C=O) groups excluding carboxylic acids is 1. The van der Waals surface area contributed by atoms with Crippen molar-refractivity contribution in [3.05, 3.63) is 82.8 Å². The molecular formula is C21H13F3N4O3. The second kappa shape index (κ2) is 7.98. The Bertz CT molecular complexity index is 1320. The third-order valence-corrected chi connectivity index (χ3v) is 4.33. The highest BCUT2D eigenvalue weighted by Gasteiger charge is 2.36. The lowest BCUT2D eigenvalue weighted by Gasteiger charge is -2.12. The summed E-state index contributed by atoms with van der Waals surface area (Å²) in [6, 6.07) is 7.91. The minimum Gasteiger partial charge on any atom is -0.454 e. The van der Waals surface area contributed by atoms with Crippen LogP contribution in [0.4, 0.5) is 18.9 Å². The van der Waals surface area contributed by atoms with E-state index in [1.807, 2.05) is 0 Å². The molecule has 156 valence electrons. The Morgan fingerprint density at radius 1 is 1.06 bits per heavy atom. The molecule has 3 aromatic heterocycles. The van der Waals surface area contributed by atoms with Crippen molar-refractivity contribution >= 4 is 22.6 Å². The van der Waals surface area contributed by atoms with Crippen LogP contribution >= 0.6 is 0 Å². The number of amides is 1. The van der Waals surface area contributed by atoms with E-state index in [2.05, 4.69) is 20.3 Å². The molecular weight excluding hydrogens is 413 g/mol. The highest BCUT2D eigenvalue weighted by atomic mass is 19.4. The van der Waals surface area contributed by atoms with Crippen molar-refractivity contribution < 1.29 is 22.4 Å². The number of hydrogen-bond acceptors (Lipinski definition) is 6. The zero-order valence-electron chi connectivity index (χ0n) is 15.7. The molecule has 31 heavy (non-hydrogen) atoms. The van der Waals surface area contributed by atoms with E-state index in [4.69, 9.17) is 4.42 Å². The predicted octanol–water partition coefficient (Wildman–Crippen LogP) is 3.85. The maximum Gasteiger partial charge on any atom is 0.434 e. The molecule has 0 unspecified atom stereocenters. The lowest BCUT2D eigenvalue weighted by molar-refractivity contribution is -0.140. The lowest BCUT2D eigenvalue weighted by Crippen LogP contribution is -2.16. The second-order valence-corrected chi connectivity index (χ2v) is 6.48. The Kier molecular flexibility index (Phi) is 5.20. The van der Waals surface area contributed by atoms with Gasteiger partial charge in [-0.15, -0.1) is 0 Å². The Hall–Kier alpha value is -4.08. The van der Waals surface area contributed by atoms with Gasteiger partial charge in [0.15, 0.2) is 16.7 Å². The predicted molar refractivity (Wildman–Crippen MR) is 105 cm³/mol. The van der Waals surface area contributed by atoms with E-state index in [9.17, 15) is 22.8 Å². The maximum absolute atomic E-state index is 13.4. The first-order valence-electron chi connectivity index (χ1n) is 8.97. The third-order valence-electron chi connectivity index (χ3n) is 4.33. The molecule has 0 aliphatic carbocycles. The van der Waals surface area contributed by atoms with E-state index < -0.39 is 23.2 Å². The number of aromatic nitrogens is 3. The van der Waals surface area contributed by atoms with Crippen molar-refractivity contribution in [3.63, 3.8) is 0 Å². The van der Waals surface area contributed by atoms with Crippen molar-refractivity contribution in [2.75, 3.05) is 5.32 Å². The summed E-state index contributed by atoms with van der Waals surface area (Å²) in [5.74, 6) is -0.771. The monoisotopic (exact) mass is 426 g/mol. The molecule has 0 aliphatic rings. The summed E-state index contributed by atoms with van der Waals surface area (Å²) in [5, 5.41) is 2.72. The number of fused-ring (bicyclic) bond motifs is 1. The number of rotatable bonds is 4. The van der Waals surface area contributed by atoms with Crippen LogP contribution in [0.1, 0.15) is 11.4 Å². The fourth-order valence-corrected chi connectivity index (χ4v) is 3.02. The largest absolute Gasteiger partial charge is 0.454 e. The van der Waals surface area contributed by atoms with Gasteiger partial charge in [0.1, 0.15) is 5.76 Å². The average molecular weight is 426 g/mol. The highest BCUT2D eigenvalue weighted by Crippen LogP contribution is 2.36. The van der Waals surface area contributed by atoms with Crippen LogP contribution in [0.15, 0.2) is 70.4 Å². The molecule has 0 fully saturated rings. The summed E-state index contributed by atoms with van der Waals surface area (Å²) in [6.45, 7) is 0. The van der Waals surface area contributed by atoms with Crippen LogP contribution in [0.5, 0.6) is 0 Å². The number of nitrogens with zero attached hydrogens (tertiary/aromatic N) is 3. The van der Waals surface area contributed by atoms with Crippen LogP contribution in [-0.2, 0) is 17.4 Å². The van der Waals surface area contributed by atoms with E-state index >= 15 is 0 Å². The fraction of sp³-hybridized carbons (Fsp3) is 0.0952. The quantitative estimate of drug-likeness (QED) is 0.532. The SMILES string of the molecule is O=C(Cc1cnccn1)Nc1cccc2c(=O)cc(-c3cccnc3C(F)(F)F)oc12. The van der Waals surface area contributed by atoms with Gasteiger partial charge in [0.05, 0.1) is 23.2 Å². The van der Waals surface area contributed by atoms with Crippen molar-refractivity contribution in [2.45, 2.75) is 12.6 Å². The summed E-state index contributed by atoms with van der Waals surface area (Å²) in [6.07, 6.45) is 0.517. The molecule has 10 heteroatoms. The number of anilines is 1. The Morgan fingerprint density at radius 2 is 1.90 bits per heavy atom. The Balaban J connectivity index is 1.77. The molecule has 0 saturated heterocycles. The number of hydrogen-bond donors (Lipinski definition) is 1. The summed E-state index contributed by atoms with van der Waals surface area (Å²) in [4.78, 5) is 36.2. The normalized spacial score (nSPS) is 11.5. The molecule has 7 nitrogen and oxygen atoms in total. The minimum absolute atomic E-state index is 0.0468. The van der Waals surface area contributed by atoms with Crippen LogP contribution in [0.25, 0.3) is 22.3 Å². The van der Waals surface area contributed by atoms with Gasteiger partial charge in [-0.1, -0.05) is 6.07 Å². The molecule has 4 aromatic rings. The lowest BCUT2D eigenvalue weighted by atomic mass is 10.1. The van der Waals surface area contributed by atoms with Gasteiger partial charge in [-0.3, -0.25) is 24.5 Å². The van der Waals surface area contributed by atoms with Gasteiger partial charge in [-0.25, -0.2) is 0 Å². The van der Waals surface area contributed by atoms with Gasteiger partial charge in [0, 0.05) is 36.4 Å². The zero-order valence-corrected chi connectivity index (χ0v) is 15.7. The van der Waals surface area contributed by atoms with Gasteiger partial charge < -0.3 is 9.73 Å². The molecule has 1 aromatic carbocycles. The molecule has 0 bridgehead atoms. The van der Waals surface area contributed by atoms with Gasteiger partial charge in [0.25, 0.3) is 0 Å². The Morgan fingerprint density at radius 3 is 2.65 bits per heavy atom. The number of pyridine rings is 1. The van der Waals surface area contributed by atoms with Gasteiger partial charge in [0.2, 0.25) is 5.91 Å². The number of benzene rings is 1. The van der Waals surface area contributed by atoms with E-state index in [-0.39, 0.29) is 34.4 Å². The van der Waals surface area contributed by atoms with Gasteiger partial charge in [-0.2, -0.15) is 13.2 Å². The van der Waals surface area contributed by atoms with Crippen LogP contribution in [-0.4, -0.2) is 20.9 Å². The summed E-state index contributed by atoms with van der Waals surface area (Å²) in [5.41, 5.74) is -1.60. The molecule has 0 radical (unpaired) electrons. The topological polar surface area (TPSA) is 98.0 Å². The number of nitrogens with one attached hydrogen (secondary N) is 1. The molecule has 1 amide bonds. The number of para-hydroxylation sites is 1. The third kappa shape index (κ3) is 4.27. The van der Waals surface area contributed by atoms with Crippen molar-refractivity contribution in [2.24, 2.45) is 0 Å². The second-order valence-electron chi connectivity index (χ2n) is 6.48. The molecule has 1 N–H and O–H groups in total. The smallest absolute Gasteiger partial charge is 0.434 e. The Labute approximate surface area is 172 Å². The first-order valence-corrected chi connectivity index (χ1v) is 8.97. The van der Waals surface area contributed by atoms with Crippen molar-refractivity contribution in [1.29, 1.82) is 0 Å².